The number of rotatable bonds is 4. The van der Waals surface area contributed by atoms with E-state index in [4.69, 9.17) is 21.4 Å². The van der Waals surface area contributed by atoms with E-state index in [2.05, 4.69) is 15.9 Å². The second-order valence-corrected chi connectivity index (χ2v) is 5.16. The number of hydrogen-bond acceptors (Lipinski definition) is 4. The Hall–Kier alpha value is -1.63. The number of non-ortho nitro benzene ring substituents is 1. The molecule has 1 N–H and O–H groups in total. The molecule has 7 heteroatoms. The molecule has 104 valence electrons. The van der Waals surface area contributed by atoms with Gasteiger partial charge in [0.25, 0.3) is 5.69 Å². The molecule has 2 aromatic carbocycles. The Labute approximate surface area is 128 Å². The molecule has 0 fully saturated rings. The highest BCUT2D eigenvalue weighted by atomic mass is 79.9. The lowest BCUT2D eigenvalue weighted by Crippen LogP contribution is -1.91. The van der Waals surface area contributed by atoms with Gasteiger partial charge >= 0.3 is 0 Å². The van der Waals surface area contributed by atoms with Gasteiger partial charge in [-0.1, -0.05) is 17.7 Å². The van der Waals surface area contributed by atoms with E-state index in [0.29, 0.717) is 16.0 Å². The maximum absolute atomic E-state index is 10.6. The van der Waals surface area contributed by atoms with Crippen LogP contribution in [0.25, 0.3) is 0 Å². The summed E-state index contributed by atoms with van der Waals surface area (Å²) < 4.78 is 6.24. The Kier molecular flexibility index (Phi) is 4.59. The van der Waals surface area contributed by atoms with E-state index in [9.17, 15) is 10.1 Å². The highest BCUT2D eigenvalue weighted by Gasteiger charge is 2.12. The fraction of sp³-hybridized carbons (Fsp3) is 0.0769. The normalized spacial score (nSPS) is 10.3. The summed E-state index contributed by atoms with van der Waals surface area (Å²) in [6.45, 7) is -0.0723. The topological polar surface area (TPSA) is 72.6 Å². The largest absolute Gasteiger partial charge is 0.455 e. The molecular formula is C13H9BrClNO4. The fourth-order valence-electron chi connectivity index (χ4n) is 1.53. The molecule has 0 aliphatic rings. The molecule has 0 aliphatic heterocycles. The lowest BCUT2D eigenvalue weighted by molar-refractivity contribution is -0.384. The highest BCUT2D eigenvalue weighted by molar-refractivity contribution is 9.10. The van der Waals surface area contributed by atoms with Crippen molar-refractivity contribution in [1.29, 1.82) is 0 Å². The van der Waals surface area contributed by atoms with Gasteiger partial charge in [-0.2, -0.15) is 0 Å². The van der Waals surface area contributed by atoms with Crippen molar-refractivity contribution < 1.29 is 14.8 Å². The second kappa shape index (κ2) is 6.21. The van der Waals surface area contributed by atoms with Gasteiger partial charge in [-0.25, -0.2) is 0 Å². The molecule has 0 spiro atoms. The first-order valence-electron chi connectivity index (χ1n) is 5.52. The van der Waals surface area contributed by atoms with Crippen molar-refractivity contribution in [3.05, 3.63) is 61.6 Å². The van der Waals surface area contributed by atoms with Crippen molar-refractivity contribution in [3.8, 4) is 11.5 Å². The maximum atomic E-state index is 10.6. The first-order chi connectivity index (χ1) is 9.51. The smallest absolute Gasteiger partial charge is 0.271 e. The molecule has 2 rings (SSSR count). The minimum atomic E-state index is -0.526. The standard InChI is InChI=1S/C13H9BrClNO4/c14-10-5-8(7-17)1-3-12(10)20-13-4-2-9(16(18)19)6-11(13)15/h1-6,17H,7H2. The Morgan fingerprint density at radius 1 is 1.25 bits per heavy atom. The van der Waals surface area contributed by atoms with E-state index in [1.165, 1.54) is 18.2 Å². The van der Waals surface area contributed by atoms with Gasteiger partial charge < -0.3 is 9.84 Å². The Balaban J connectivity index is 2.28. The average Bonchev–Trinajstić information content (AvgIpc) is 2.42. The van der Waals surface area contributed by atoms with Crippen molar-refractivity contribution in [1.82, 2.24) is 0 Å². The van der Waals surface area contributed by atoms with Crippen molar-refractivity contribution in [3.63, 3.8) is 0 Å². The summed E-state index contributed by atoms with van der Waals surface area (Å²) in [4.78, 5) is 10.1. The van der Waals surface area contributed by atoms with Gasteiger partial charge in [-0.05, 0) is 39.7 Å². The third kappa shape index (κ3) is 3.27. The molecule has 0 radical (unpaired) electrons. The van der Waals surface area contributed by atoms with Crippen molar-refractivity contribution in [2.45, 2.75) is 6.61 Å². The highest BCUT2D eigenvalue weighted by Crippen LogP contribution is 2.35. The van der Waals surface area contributed by atoms with E-state index in [0.717, 1.165) is 5.56 Å². The fourth-order valence-corrected chi connectivity index (χ4v) is 2.25. The van der Waals surface area contributed by atoms with E-state index in [-0.39, 0.29) is 17.3 Å². The van der Waals surface area contributed by atoms with Crippen LogP contribution in [0.1, 0.15) is 5.56 Å². The lowest BCUT2D eigenvalue weighted by Gasteiger charge is -2.10. The summed E-state index contributed by atoms with van der Waals surface area (Å²) in [5.41, 5.74) is 0.635. The molecule has 0 unspecified atom stereocenters. The number of halogens is 2. The Bertz CT molecular complexity index is 663. The lowest BCUT2D eigenvalue weighted by atomic mass is 10.2. The van der Waals surface area contributed by atoms with Gasteiger partial charge in [-0.3, -0.25) is 10.1 Å². The first-order valence-corrected chi connectivity index (χ1v) is 6.69. The predicted molar refractivity (Wildman–Crippen MR) is 78.2 cm³/mol. The number of nitro groups is 1. The summed E-state index contributed by atoms with van der Waals surface area (Å²) in [5, 5.41) is 19.8. The zero-order chi connectivity index (χ0) is 14.7. The summed E-state index contributed by atoms with van der Waals surface area (Å²) in [5.74, 6) is 0.813. The van der Waals surface area contributed by atoms with Crippen LogP contribution in [0.4, 0.5) is 5.69 Å². The molecule has 20 heavy (non-hydrogen) atoms. The number of ether oxygens (including phenoxy) is 1. The number of nitro benzene ring substituents is 1. The number of benzene rings is 2. The Morgan fingerprint density at radius 2 is 1.95 bits per heavy atom. The molecule has 2 aromatic rings. The number of aliphatic hydroxyl groups is 1. The van der Waals surface area contributed by atoms with Crippen LogP contribution in [0.5, 0.6) is 11.5 Å². The van der Waals surface area contributed by atoms with Crippen LogP contribution >= 0.6 is 27.5 Å². The average molecular weight is 359 g/mol. The first kappa shape index (κ1) is 14.8. The van der Waals surface area contributed by atoms with E-state index >= 15 is 0 Å². The molecule has 0 amide bonds. The number of hydrogen-bond donors (Lipinski definition) is 1. The molecule has 0 aliphatic carbocycles. The van der Waals surface area contributed by atoms with Gasteiger partial charge in [0.15, 0.2) is 0 Å². The summed E-state index contributed by atoms with van der Waals surface area (Å²) >= 11 is 9.27. The van der Waals surface area contributed by atoms with Crippen LogP contribution in [0.15, 0.2) is 40.9 Å². The quantitative estimate of drug-likeness (QED) is 0.653. The third-order valence-electron chi connectivity index (χ3n) is 2.53. The minimum Gasteiger partial charge on any atom is -0.455 e. The summed E-state index contributed by atoms with van der Waals surface area (Å²) in [6.07, 6.45) is 0. The summed E-state index contributed by atoms with van der Waals surface area (Å²) in [6, 6.07) is 9.08. The van der Waals surface area contributed by atoms with Crippen LogP contribution in [0.2, 0.25) is 5.02 Å². The van der Waals surface area contributed by atoms with Crippen LogP contribution < -0.4 is 4.74 Å². The monoisotopic (exact) mass is 357 g/mol. The molecule has 0 saturated heterocycles. The maximum Gasteiger partial charge on any atom is 0.271 e. The van der Waals surface area contributed by atoms with Gasteiger partial charge in [-0.15, -0.1) is 0 Å². The van der Waals surface area contributed by atoms with Crippen molar-refractivity contribution in [2.75, 3.05) is 0 Å². The molecule has 0 bridgehead atoms. The molecule has 0 aromatic heterocycles. The number of nitrogens with zero attached hydrogens (tertiary/aromatic N) is 1. The van der Waals surface area contributed by atoms with Crippen molar-refractivity contribution >= 4 is 33.2 Å². The van der Waals surface area contributed by atoms with Gasteiger partial charge in [0.1, 0.15) is 11.5 Å². The van der Waals surface area contributed by atoms with Gasteiger partial charge in [0, 0.05) is 12.1 Å². The minimum absolute atomic E-state index is 0.0723. The molecule has 0 saturated carbocycles. The molecule has 0 heterocycles. The Morgan fingerprint density at radius 3 is 2.50 bits per heavy atom. The zero-order valence-electron chi connectivity index (χ0n) is 10.0. The molecule has 0 atom stereocenters. The van der Waals surface area contributed by atoms with Crippen molar-refractivity contribution in [2.24, 2.45) is 0 Å². The third-order valence-corrected chi connectivity index (χ3v) is 3.44. The van der Waals surface area contributed by atoms with Crippen LogP contribution in [0, 0.1) is 10.1 Å². The SMILES string of the molecule is O=[N+]([O-])c1ccc(Oc2ccc(CO)cc2Br)c(Cl)c1. The number of aliphatic hydroxyl groups excluding tert-OH is 1. The van der Waals surface area contributed by atoms with E-state index in [1.807, 2.05) is 0 Å². The zero-order valence-corrected chi connectivity index (χ0v) is 12.4. The van der Waals surface area contributed by atoms with E-state index < -0.39 is 4.92 Å². The molecule has 5 nitrogen and oxygen atoms in total. The van der Waals surface area contributed by atoms with Gasteiger partial charge in [0.05, 0.1) is 21.0 Å². The molecular weight excluding hydrogens is 350 g/mol. The summed E-state index contributed by atoms with van der Waals surface area (Å²) in [7, 11) is 0. The van der Waals surface area contributed by atoms with Crippen LogP contribution in [-0.2, 0) is 6.61 Å². The predicted octanol–water partition coefficient (Wildman–Crippen LogP) is 4.30. The van der Waals surface area contributed by atoms with Gasteiger partial charge in [0.2, 0.25) is 0 Å². The van der Waals surface area contributed by atoms with E-state index in [1.54, 1.807) is 18.2 Å². The second-order valence-electron chi connectivity index (χ2n) is 3.90. The van der Waals surface area contributed by atoms with Crippen LogP contribution in [0.3, 0.4) is 0 Å². The van der Waals surface area contributed by atoms with Crippen LogP contribution in [-0.4, -0.2) is 10.0 Å².